The number of fused-ring (bicyclic) bond motifs is 5. The zero-order valence-corrected chi connectivity index (χ0v) is 19.0. The number of rotatable bonds is 4. The van der Waals surface area contributed by atoms with E-state index in [1.54, 1.807) is 17.6 Å². The van der Waals surface area contributed by atoms with Crippen molar-refractivity contribution in [1.29, 1.82) is 0 Å². The van der Waals surface area contributed by atoms with E-state index in [1.807, 2.05) is 0 Å². The van der Waals surface area contributed by atoms with Crippen LogP contribution in [-0.2, 0) is 47.5 Å². The maximum atomic E-state index is 15.2. The monoisotopic (exact) mass is 463 g/mol. The fourth-order valence-corrected chi connectivity index (χ4v) is 5.97. The van der Waals surface area contributed by atoms with Gasteiger partial charge in [-0.05, 0) is 67.8 Å². The molecule has 2 aliphatic heterocycles. The third kappa shape index (κ3) is 2.72. The molecule has 1 aromatic carbocycles. The highest BCUT2D eigenvalue weighted by Gasteiger charge is 2.45. The molecule has 0 radical (unpaired) electrons. The lowest BCUT2D eigenvalue weighted by Gasteiger charge is -2.31. The van der Waals surface area contributed by atoms with Crippen LogP contribution in [0.3, 0.4) is 0 Å². The lowest BCUT2D eigenvalue weighted by molar-refractivity contribution is -0.172. The average Bonchev–Trinajstić information content (AvgIpc) is 3.21. The number of pyridine rings is 2. The first-order valence-electron chi connectivity index (χ1n) is 11.9. The van der Waals surface area contributed by atoms with Gasteiger partial charge in [-0.15, -0.1) is 0 Å². The Morgan fingerprint density at radius 2 is 2.00 bits per heavy atom. The van der Waals surface area contributed by atoms with Crippen molar-refractivity contribution in [2.75, 3.05) is 6.54 Å². The molecule has 0 saturated carbocycles. The zero-order chi connectivity index (χ0) is 23.8. The predicted molar refractivity (Wildman–Crippen MR) is 124 cm³/mol. The van der Waals surface area contributed by atoms with E-state index >= 15 is 4.39 Å². The van der Waals surface area contributed by atoms with Gasteiger partial charge in [-0.3, -0.25) is 4.79 Å². The summed E-state index contributed by atoms with van der Waals surface area (Å²) in [5.74, 6) is -1.01. The van der Waals surface area contributed by atoms with Gasteiger partial charge < -0.3 is 20.1 Å². The molecule has 0 spiro atoms. The molecule has 6 rings (SSSR count). The lowest BCUT2D eigenvalue weighted by Crippen LogP contribution is -2.44. The molecule has 3 aliphatic rings. The summed E-state index contributed by atoms with van der Waals surface area (Å²) in [5, 5.41) is 12.1. The van der Waals surface area contributed by atoms with Crippen LogP contribution in [0.1, 0.15) is 59.6 Å². The molecule has 34 heavy (non-hydrogen) atoms. The van der Waals surface area contributed by atoms with Crippen LogP contribution in [0.5, 0.6) is 0 Å². The Labute approximate surface area is 195 Å². The molecule has 7 nitrogen and oxygen atoms in total. The summed E-state index contributed by atoms with van der Waals surface area (Å²) >= 11 is 0. The van der Waals surface area contributed by atoms with Crippen molar-refractivity contribution in [2.24, 2.45) is 5.73 Å². The molecule has 3 N–H and O–H groups in total. The summed E-state index contributed by atoms with van der Waals surface area (Å²) in [5.41, 5.74) is 9.72. The first-order chi connectivity index (χ1) is 16.4. The number of aromatic nitrogens is 2. The third-order valence-electron chi connectivity index (χ3n) is 7.74. The van der Waals surface area contributed by atoms with Crippen LogP contribution in [0.2, 0.25) is 0 Å². The number of benzene rings is 1. The first kappa shape index (κ1) is 21.4. The molecule has 3 aromatic rings. The van der Waals surface area contributed by atoms with E-state index in [9.17, 15) is 14.7 Å². The maximum Gasteiger partial charge on any atom is 0.343 e. The number of hydrogen-bond acceptors (Lipinski definition) is 6. The van der Waals surface area contributed by atoms with Crippen molar-refractivity contribution in [3.05, 3.63) is 61.7 Å². The van der Waals surface area contributed by atoms with Crippen LogP contribution in [0, 0.1) is 5.82 Å². The van der Waals surface area contributed by atoms with Crippen LogP contribution in [-0.4, -0.2) is 27.2 Å². The van der Waals surface area contributed by atoms with E-state index in [2.05, 4.69) is 0 Å². The summed E-state index contributed by atoms with van der Waals surface area (Å²) in [7, 11) is 0. The molecule has 0 bridgehead atoms. The molecule has 0 fully saturated rings. The van der Waals surface area contributed by atoms with Crippen LogP contribution in [0.4, 0.5) is 4.39 Å². The Hall–Kier alpha value is -3.10. The van der Waals surface area contributed by atoms with Crippen LogP contribution in [0.15, 0.2) is 16.9 Å². The van der Waals surface area contributed by atoms with E-state index in [0.717, 1.165) is 53.3 Å². The molecule has 0 unspecified atom stereocenters. The van der Waals surface area contributed by atoms with Gasteiger partial charge in [0.1, 0.15) is 12.4 Å². The Morgan fingerprint density at radius 3 is 2.76 bits per heavy atom. The van der Waals surface area contributed by atoms with Gasteiger partial charge in [0.2, 0.25) is 0 Å². The van der Waals surface area contributed by atoms with Gasteiger partial charge >= 0.3 is 5.97 Å². The van der Waals surface area contributed by atoms with Gasteiger partial charge in [-0.25, -0.2) is 14.2 Å². The second kappa shape index (κ2) is 7.45. The molecule has 0 amide bonds. The predicted octanol–water partition coefficient (Wildman–Crippen LogP) is 2.60. The number of ether oxygens (including phenoxy) is 1. The molecular weight excluding hydrogens is 437 g/mol. The first-order valence-corrected chi connectivity index (χ1v) is 11.9. The molecule has 8 heteroatoms. The molecule has 0 saturated heterocycles. The zero-order valence-electron chi connectivity index (χ0n) is 19.0. The SMILES string of the molecule is CC[C@@]1(O)C(=O)OCc2c1cc1n(c2=O)Cc2c-1nc1cc(F)c(CCCN)c3c1c2CCC3. The number of nitrogens with zero attached hydrogens (tertiary/aromatic N) is 2. The van der Waals surface area contributed by atoms with E-state index in [0.29, 0.717) is 42.0 Å². The summed E-state index contributed by atoms with van der Waals surface area (Å²) in [4.78, 5) is 30.7. The van der Waals surface area contributed by atoms with Crippen LogP contribution < -0.4 is 11.3 Å². The Bertz CT molecular complexity index is 1460. The average molecular weight is 464 g/mol. The highest BCUT2D eigenvalue weighted by atomic mass is 19.1. The Balaban J connectivity index is 1.62. The van der Waals surface area contributed by atoms with Crippen LogP contribution in [0.25, 0.3) is 22.3 Å². The normalized spacial score (nSPS) is 20.2. The summed E-state index contributed by atoms with van der Waals surface area (Å²) < 4.78 is 21.9. The number of aryl methyl sites for hydroxylation is 2. The molecule has 2 aromatic heterocycles. The minimum absolute atomic E-state index is 0.0884. The van der Waals surface area contributed by atoms with E-state index in [-0.39, 0.29) is 30.0 Å². The van der Waals surface area contributed by atoms with Gasteiger partial charge in [-0.2, -0.15) is 0 Å². The number of hydrogen-bond donors (Lipinski definition) is 2. The molecule has 4 heterocycles. The number of esters is 1. The van der Waals surface area contributed by atoms with E-state index in [1.165, 1.54) is 6.07 Å². The van der Waals surface area contributed by atoms with Crippen molar-refractivity contribution < 1.29 is 19.0 Å². The lowest BCUT2D eigenvalue weighted by atomic mass is 9.83. The number of carbonyl (C=O) groups excluding carboxylic acids is 1. The van der Waals surface area contributed by atoms with Gasteiger partial charge in [0.15, 0.2) is 5.60 Å². The highest BCUT2D eigenvalue weighted by molar-refractivity contribution is 5.92. The minimum Gasteiger partial charge on any atom is -0.458 e. The number of aliphatic hydroxyl groups is 1. The number of nitrogens with two attached hydrogens (primary N) is 1. The van der Waals surface area contributed by atoms with E-state index < -0.39 is 11.6 Å². The molecule has 1 atom stereocenters. The number of carbonyl (C=O) groups is 1. The standard InChI is InChI=1S/C26H26FN3O4/c1-2-26(33)18-9-21-23-16(11-30(21)24(31)17(18)12-34-25(26)32)15-6-3-5-14-13(7-4-8-28)19(27)10-20(29-23)22(14)15/h9-10,33H,2-8,11-12,28H2,1H3/t26-/m0/s1. The highest BCUT2D eigenvalue weighted by Crippen LogP contribution is 2.43. The second-order valence-corrected chi connectivity index (χ2v) is 9.48. The fourth-order valence-electron chi connectivity index (χ4n) is 5.97. The largest absolute Gasteiger partial charge is 0.458 e. The number of cyclic esters (lactones) is 1. The van der Waals surface area contributed by atoms with Crippen molar-refractivity contribution in [3.63, 3.8) is 0 Å². The van der Waals surface area contributed by atoms with Crippen molar-refractivity contribution in [2.45, 2.75) is 64.2 Å². The maximum absolute atomic E-state index is 15.2. The third-order valence-corrected chi connectivity index (χ3v) is 7.74. The van der Waals surface area contributed by atoms with Crippen molar-refractivity contribution in [3.8, 4) is 11.4 Å². The topological polar surface area (TPSA) is 107 Å². The van der Waals surface area contributed by atoms with Gasteiger partial charge in [0.25, 0.3) is 5.56 Å². The second-order valence-electron chi connectivity index (χ2n) is 9.48. The van der Waals surface area contributed by atoms with Gasteiger partial charge in [-0.1, -0.05) is 6.92 Å². The summed E-state index contributed by atoms with van der Waals surface area (Å²) in [6, 6.07) is 3.20. The summed E-state index contributed by atoms with van der Waals surface area (Å²) in [6.07, 6.45) is 3.93. The Kier molecular flexibility index (Phi) is 4.70. The molecular formula is C26H26FN3O4. The smallest absolute Gasteiger partial charge is 0.343 e. The molecule has 176 valence electrons. The Morgan fingerprint density at radius 1 is 1.21 bits per heavy atom. The summed E-state index contributed by atoms with van der Waals surface area (Å²) in [6.45, 7) is 2.39. The van der Waals surface area contributed by atoms with Crippen LogP contribution >= 0.6 is 0 Å². The minimum atomic E-state index is -1.87. The van der Waals surface area contributed by atoms with Crippen molar-refractivity contribution >= 4 is 16.9 Å². The van der Waals surface area contributed by atoms with Gasteiger partial charge in [0, 0.05) is 22.6 Å². The van der Waals surface area contributed by atoms with E-state index in [4.69, 9.17) is 15.5 Å². The van der Waals surface area contributed by atoms with Gasteiger partial charge in [0.05, 0.1) is 29.0 Å². The molecule has 1 aliphatic carbocycles. The fraction of sp³-hybridized carbons (Fsp3) is 0.423. The van der Waals surface area contributed by atoms with Crippen molar-refractivity contribution in [1.82, 2.24) is 9.55 Å². The number of halogens is 1. The quantitative estimate of drug-likeness (QED) is 0.451.